The molecule has 0 atom stereocenters. The van der Waals surface area contributed by atoms with Crippen LogP contribution in [0, 0.1) is 22.2 Å². The van der Waals surface area contributed by atoms with E-state index in [0.29, 0.717) is 16.2 Å². The Bertz CT molecular complexity index is 218. The van der Waals surface area contributed by atoms with Gasteiger partial charge in [-0.05, 0) is 35.0 Å². The van der Waals surface area contributed by atoms with Gasteiger partial charge in [-0.25, -0.2) is 0 Å². The van der Waals surface area contributed by atoms with Crippen LogP contribution in [-0.4, -0.2) is 0 Å². The van der Waals surface area contributed by atoms with Gasteiger partial charge in [0.25, 0.3) is 0 Å². The summed E-state index contributed by atoms with van der Waals surface area (Å²) in [5.41, 5.74) is 1.31. The van der Waals surface area contributed by atoms with E-state index in [1.807, 2.05) is 0 Å². The summed E-state index contributed by atoms with van der Waals surface area (Å²) in [6, 6.07) is 0. The van der Waals surface area contributed by atoms with Crippen molar-refractivity contribution in [1.82, 2.24) is 0 Å². The third-order valence-electron chi connectivity index (χ3n) is 2.98. The van der Waals surface area contributed by atoms with Crippen molar-refractivity contribution in [3.8, 4) is 0 Å². The Morgan fingerprint density at radius 1 is 0.842 bits per heavy atom. The summed E-state index contributed by atoms with van der Waals surface area (Å²) < 4.78 is 0. The van der Waals surface area contributed by atoms with Crippen molar-refractivity contribution in [1.29, 1.82) is 0 Å². The highest BCUT2D eigenvalue weighted by atomic mass is 14.3. The lowest BCUT2D eigenvalue weighted by molar-refractivity contribution is 0.233. The van der Waals surface area contributed by atoms with Crippen LogP contribution in [0.2, 0.25) is 0 Å². The van der Waals surface area contributed by atoms with Crippen molar-refractivity contribution in [2.75, 3.05) is 0 Å². The third kappa shape index (κ3) is 20.2. The van der Waals surface area contributed by atoms with Gasteiger partial charge in [-0.2, -0.15) is 0 Å². The van der Waals surface area contributed by atoms with E-state index in [1.165, 1.54) is 19.3 Å². The molecule has 0 saturated heterocycles. The van der Waals surface area contributed by atoms with Crippen molar-refractivity contribution in [2.45, 2.75) is 88.5 Å². The number of hydrogen-bond acceptors (Lipinski definition) is 0. The first-order valence-electron chi connectivity index (χ1n) is 7.82. The monoisotopic (exact) mass is 268 g/mol. The summed E-state index contributed by atoms with van der Waals surface area (Å²) in [5.74, 6) is 0.819. The molecule has 0 aliphatic carbocycles. The maximum Gasteiger partial charge on any atom is -0.0177 e. The molecule has 0 radical (unpaired) electrons. The zero-order valence-corrected chi connectivity index (χ0v) is 15.5. The Balaban J connectivity index is 0. The van der Waals surface area contributed by atoms with Crippen molar-refractivity contribution in [3.05, 3.63) is 12.7 Å². The van der Waals surface area contributed by atoms with Crippen LogP contribution >= 0.6 is 0 Å². The smallest absolute Gasteiger partial charge is 0.0177 e. The van der Waals surface area contributed by atoms with Crippen LogP contribution < -0.4 is 0 Å². The molecule has 19 heavy (non-hydrogen) atoms. The Hall–Kier alpha value is -0.260. The Labute approximate surface area is 124 Å². The molecule has 0 saturated carbocycles. The van der Waals surface area contributed by atoms with Gasteiger partial charge in [0.1, 0.15) is 0 Å². The number of hydrogen-bond donors (Lipinski definition) is 0. The molecule has 116 valence electrons. The fourth-order valence-corrected chi connectivity index (χ4v) is 2.35. The summed E-state index contributed by atoms with van der Waals surface area (Å²) in [6.45, 7) is 26.6. The van der Waals surface area contributed by atoms with Crippen molar-refractivity contribution in [3.63, 3.8) is 0 Å². The molecular formula is C19H40. The summed E-state index contributed by atoms with van der Waals surface area (Å²) in [7, 11) is 0. The lowest BCUT2D eigenvalue weighted by Gasteiger charge is -2.28. The standard InChI is InChI=1S/C10H20.C9H20/c1-6-10(4,5)8-7-9(2)3;1-8(2,3)7-9(4,5)6/h6,9H,1,7-8H2,2-5H3;7H2,1-6H3. The molecule has 0 aromatic heterocycles. The van der Waals surface area contributed by atoms with Crippen LogP contribution in [0.15, 0.2) is 12.7 Å². The van der Waals surface area contributed by atoms with Crippen LogP contribution in [0.4, 0.5) is 0 Å². The molecule has 0 rings (SSSR count). The molecule has 0 aromatic carbocycles. The number of allylic oxidation sites excluding steroid dienone is 1. The van der Waals surface area contributed by atoms with Crippen molar-refractivity contribution in [2.24, 2.45) is 22.2 Å². The Morgan fingerprint density at radius 2 is 1.21 bits per heavy atom. The molecule has 0 aliphatic rings. The molecular weight excluding hydrogens is 228 g/mol. The van der Waals surface area contributed by atoms with Gasteiger partial charge in [-0.3, -0.25) is 0 Å². The van der Waals surface area contributed by atoms with E-state index in [1.54, 1.807) is 0 Å². The minimum Gasteiger partial charge on any atom is -0.103 e. The molecule has 0 spiro atoms. The molecule has 0 aromatic rings. The number of rotatable bonds is 4. The van der Waals surface area contributed by atoms with E-state index in [-0.39, 0.29) is 0 Å². The van der Waals surface area contributed by atoms with E-state index >= 15 is 0 Å². The van der Waals surface area contributed by atoms with Gasteiger partial charge in [0.2, 0.25) is 0 Å². The second kappa shape index (κ2) is 8.12. The van der Waals surface area contributed by atoms with E-state index in [2.05, 4.69) is 81.9 Å². The molecule has 0 fully saturated rings. The topological polar surface area (TPSA) is 0 Å². The first-order chi connectivity index (χ1) is 8.18. The fraction of sp³-hybridized carbons (Fsp3) is 0.895. The molecule has 0 unspecified atom stereocenters. The largest absolute Gasteiger partial charge is 0.103 e. The molecule has 0 bridgehead atoms. The zero-order valence-electron chi connectivity index (χ0n) is 15.5. The van der Waals surface area contributed by atoms with Gasteiger partial charge < -0.3 is 0 Å². The first kappa shape index (κ1) is 21.0. The van der Waals surface area contributed by atoms with Gasteiger partial charge in [-0.15, -0.1) is 6.58 Å². The highest BCUT2D eigenvalue weighted by Gasteiger charge is 2.20. The van der Waals surface area contributed by atoms with Gasteiger partial charge in [0.15, 0.2) is 0 Å². The lowest BCUT2D eigenvalue weighted by Crippen LogP contribution is -2.16. The van der Waals surface area contributed by atoms with Crippen LogP contribution in [0.5, 0.6) is 0 Å². The highest BCUT2D eigenvalue weighted by molar-refractivity contribution is 4.87. The maximum absolute atomic E-state index is 3.81. The van der Waals surface area contributed by atoms with Crippen LogP contribution in [0.1, 0.15) is 88.5 Å². The quantitative estimate of drug-likeness (QED) is 0.477. The predicted octanol–water partition coefficient (Wildman–Crippen LogP) is 7.10. The minimum atomic E-state index is 0.338. The molecule has 0 heteroatoms. The molecule has 0 nitrogen and oxygen atoms in total. The minimum absolute atomic E-state index is 0.338. The van der Waals surface area contributed by atoms with Gasteiger partial charge >= 0.3 is 0 Å². The summed E-state index contributed by atoms with van der Waals surface area (Å²) in [5, 5.41) is 0. The van der Waals surface area contributed by atoms with Crippen LogP contribution in [-0.2, 0) is 0 Å². The molecule has 0 aliphatic heterocycles. The zero-order chi connectivity index (χ0) is 15.9. The summed E-state index contributed by atoms with van der Waals surface area (Å²) >= 11 is 0. The van der Waals surface area contributed by atoms with Crippen molar-refractivity contribution < 1.29 is 0 Å². The van der Waals surface area contributed by atoms with Crippen LogP contribution in [0.25, 0.3) is 0 Å². The summed E-state index contributed by atoms with van der Waals surface area (Å²) in [4.78, 5) is 0. The average molecular weight is 269 g/mol. The first-order valence-corrected chi connectivity index (χ1v) is 7.82. The second-order valence-electron chi connectivity index (χ2n) is 9.42. The van der Waals surface area contributed by atoms with Crippen molar-refractivity contribution >= 4 is 0 Å². The lowest BCUT2D eigenvalue weighted by atomic mass is 9.78. The Kier molecular flexibility index (Phi) is 9.00. The third-order valence-corrected chi connectivity index (χ3v) is 2.98. The van der Waals surface area contributed by atoms with E-state index < -0.39 is 0 Å². The average Bonchev–Trinajstić information content (AvgIpc) is 2.10. The summed E-state index contributed by atoms with van der Waals surface area (Å²) in [6.07, 6.45) is 5.91. The maximum atomic E-state index is 3.81. The van der Waals surface area contributed by atoms with E-state index in [0.717, 1.165) is 5.92 Å². The Morgan fingerprint density at radius 3 is 1.37 bits per heavy atom. The normalized spacial score (nSPS) is 13.0. The highest BCUT2D eigenvalue weighted by Crippen LogP contribution is 2.31. The molecule has 0 N–H and O–H groups in total. The van der Waals surface area contributed by atoms with E-state index in [4.69, 9.17) is 0 Å². The second-order valence-corrected chi connectivity index (χ2v) is 9.42. The van der Waals surface area contributed by atoms with Gasteiger partial charge in [0, 0.05) is 0 Å². The van der Waals surface area contributed by atoms with Gasteiger partial charge in [-0.1, -0.05) is 81.7 Å². The van der Waals surface area contributed by atoms with Crippen LogP contribution in [0.3, 0.4) is 0 Å². The van der Waals surface area contributed by atoms with Gasteiger partial charge in [0.05, 0.1) is 0 Å². The predicted molar refractivity (Wildman–Crippen MR) is 91.6 cm³/mol. The molecule has 0 amide bonds. The van der Waals surface area contributed by atoms with E-state index in [9.17, 15) is 0 Å². The SMILES string of the molecule is C=CC(C)(C)CCC(C)C.CC(C)(C)CC(C)(C)C. The fourth-order valence-electron chi connectivity index (χ4n) is 2.35. The molecule has 0 heterocycles.